The van der Waals surface area contributed by atoms with Gasteiger partial charge in [0.1, 0.15) is 12.1 Å². The molecule has 0 saturated carbocycles. The van der Waals surface area contributed by atoms with E-state index in [1.165, 1.54) is 10.8 Å². The highest BCUT2D eigenvalue weighted by atomic mass is 32.1. The molecule has 18 rings (SSSR count). The number of fused-ring (bicyclic) bond motifs is 17. The van der Waals surface area contributed by atoms with Crippen molar-refractivity contribution in [2.45, 2.75) is 0 Å². The summed E-state index contributed by atoms with van der Waals surface area (Å²) in [6, 6.07) is 101. The smallest absolute Gasteiger partial charge is 0.103 e. The van der Waals surface area contributed by atoms with E-state index in [9.17, 15) is 10.5 Å². The predicted octanol–water partition coefficient (Wildman–Crippen LogP) is 20.7. The molecule has 7 heteroatoms. The van der Waals surface area contributed by atoms with Crippen molar-refractivity contribution in [2.24, 2.45) is 0 Å². The van der Waals surface area contributed by atoms with Gasteiger partial charge in [0.15, 0.2) is 0 Å². The van der Waals surface area contributed by atoms with Gasteiger partial charge in [0.05, 0.1) is 82.7 Å². The molecular weight excluding hydrogens is 1050 g/mol. The third kappa shape index (κ3) is 6.45. The number of aromatic nitrogens is 4. The van der Waals surface area contributed by atoms with Gasteiger partial charge in [0.25, 0.3) is 0 Å². The number of thiophene rings is 1. The van der Waals surface area contributed by atoms with Crippen molar-refractivity contribution in [3.05, 3.63) is 278 Å². The molecule has 0 saturated heterocycles. The minimum Gasteiger partial charge on any atom is -0.306 e. The average molecular weight is 1100 g/mol. The summed E-state index contributed by atoms with van der Waals surface area (Å²) in [5.74, 6) is 0. The Morgan fingerprint density at radius 3 is 1.13 bits per heavy atom. The molecule has 0 radical (unpaired) electrons. The molecule has 0 bridgehead atoms. The van der Waals surface area contributed by atoms with Gasteiger partial charge in [-0.15, -0.1) is 11.3 Å². The first-order chi connectivity index (χ1) is 42.2. The molecule has 85 heavy (non-hydrogen) atoms. The Morgan fingerprint density at radius 1 is 0.259 bits per heavy atom. The summed E-state index contributed by atoms with van der Waals surface area (Å²) in [6.07, 6.45) is 0. The molecule has 0 amide bonds. The Balaban J connectivity index is 1.13. The second-order valence-electron chi connectivity index (χ2n) is 22.0. The Bertz CT molecular complexity index is 5860. The van der Waals surface area contributed by atoms with Crippen LogP contribution in [-0.4, -0.2) is 18.3 Å². The molecule has 0 N–H and O–H groups in total. The number of benzene rings is 13. The van der Waals surface area contributed by atoms with Gasteiger partial charge in [-0.3, -0.25) is 0 Å². The van der Waals surface area contributed by atoms with Crippen LogP contribution in [0.1, 0.15) is 11.1 Å². The molecule has 5 aromatic heterocycles. The van der Waals surface area contributed by atoms with Crippen LogP contribution < -0.4 is 0 Å². The van der Waals surface area contributed by atoms with Gasteiger partial charge in [0.2, 0.25) is 0 Å². The lowest BCUT2D eigenvalue weighted by Gasteiger charge is -2.27. The van der Waals surface area contributed by atoms with Gasteiger partial charge in [-0.2, -0.15) is 10.5 Å². The summed E-state index contributed by atoms with van der Waals surface area (Å²) >= 11 is 1.78. The molecule has 392 valence electrons. The maximum Gasteiger partial charge on any atom is 0.103 e. The quantitative estimate of drug-likeness (QED) is 0.166. The van der Waals surface area contributed by atoms with Crippen molar-refractivity contribution in [1.29, 1.82) is 10.5 Å². The fourth-order valence-corrected chi connectivity index (χ4v) is 15.7. The maximum atomic E-state index is 12.7. The summed E-state index contributed by atoms with van der Waals surface area (Å²) in [6.45, 7) is 0. The highest BCUT2D eigenvalue weighted by molar-refractivity contribution is 7.26. The van der Waals surface area contributed by atoms with Gasteiger partial charge in [0, 0.05) is 58.6 Å². The Kier molecular flexibility index (Phi) is 10.00. The van der Waals surface area contributed by atoms with E-state index in [1.54, 1.807) is 11.3 Å². The van der Waals surface area contributed by atoms with Gasteiger partial charge in [-0.05, 0) is 81.6 Å². The Labute approximate surface area is 490 Å². The first-order valence-corrected chi connectivity index (χ1v) is 29.5. The first kappa shape index (κ1) is 47.2. The van der Waals surface area contributed by atoms with E-state index >= 15 is 0 Å². The minimum atomic E-state index is 0.263. The number of rotatable bonds is 6. The molecular formula is C78H44N6S. The molecule has 18 aromatic rings. The van der Waals surface area contributed by atoms with E-state index in [2.05, 4.69) is 297 Å². The highest BCUT2D eigenvalue weighted by Gasteiger charge is 2.35. The van der Waals surface area contributed by atoms with Gasteiger partial charge >= 0.3 is 0 Å². The lowest BCUT2D eigenvalue weighted by molar-refractivity contribution is 1.01. The molecule has 0 aliphatic carbocycles. The zero-order valence-electron chi connectivity index (χ0n) is 45.5. The molecule has 0 atom stereocenters. The van der Waals surface area contributed by atoms with Gasteiger partial charge < -0.3 is 18.3 Å². The van der Waals surface area contributed by atoms with Crippen LogP contribution in [0.25, 0.3) is 163 Å². The maximum absolute atomic E-state index is 12.7. The van der Waals surface area contributed by atoms with Crippen LogP contribution in [0.15, 0.2) is 267 Å². The van der Waals surface area contributed by atoms with E-state index < -0.39 is 0 Å². The third-order valence-electron chi connectivity index (χ3n) is 17.8. The summed E-state index contributed by atoms with van der Waals surface area (Å²) in [5, 5.41) is 38.4. The van der Waals surface area contributed by atoms with Crippen LogP contribution in [0.5, 0.6) is 0 Å². The second kappa shape index (κ2) is 18.0. The SMILES string of the molecule is N#Cc1c(C#N)c(-n2c3cccc(-c4ccccc4-c4cccc5ccccc45)c3c3ccc4c5ccccc5sc4c32)c(-n2c3ccccc3c3ccccc32)c(-n2c3ccccc3c3ccccc32)c1-n1c2ccccc2c2ccccc21. The van der Waals surface area contributed by atoms with E-state index in [-0.39, 0.29) is 11.1 Å². The fraction of sp³-hybridized carbons (Fsp3) is 0. The summed E-state index contributed by atoms with van der Waals surface area (Å²) in [5.41, 5.74) is 15.3. The molecule has 6 nitrogen and oxygen atoms in total. The molecule has 0 spiro atoms. The van der Waals surface area contributed by atoms with Crippen molar-refractivity contribution in [2.75, 3.05) is 0 Å². The van der Waals surface area contributed by atoms with Crippen molar-refractivity contribution in [3.63, 3.8) is 0 Å². The van der Waals surface area contributed by atoms with Crippen LogP contribution in [-0.2, 0) is 0 Å². The van der Waals surface area contributed by atoms with Crippen LogP contribution >= 0.6 is 11.3 Å². The topological polar surface area (TPSA) is 67.3 Å². The fourth-order valence-electron chi connectivity index (χ4n) is 14.5. The number of nitriles is 2. The van der Waals surface area contributed by atoms with Crippen LogP contribution in [0.3, 0.4) is 0 Å². The monoisotopic (exact) mass is 1100 g/mol. The molecule has 13 aromatic carbocycles. The average Bonchev–Trinajstić information content (AvgIpc) is 1.87. The molecule has 0 aliphatic heterocycles. The lowest BCUT2D eigenvalue weighted by atomic mass is 9.89. The molecule has 5 heterocycles. The van der Waals surface area contributed by atoms with Crippen molar-refractivity contribution >= 4 is 130 Å². The van der Waals surface area contributed by atoms with E-state index in [1.807, 2.05) is 0 Å². The number of nitrogens with zero attached hydrogens (tertiary/aromatic N) is 6. The molecule has 0 aliphatic rings. The number of para-hydroxylation sites is 6. The normalized spacial score (nSPS) is 12.0. The number of hydrogen-bond acceptors (Lipinski definition) is 3. The Hall–Kier alpha value is -11.5. The van der Waals surface area contributed by atoms with Crippen LogP contribution in [0, 0.1) is 22.7 Å². The van der Waals surface area contributed by atoms with Crippen molar-refractivity contribution < 1.29 is 0 Å². The summed E-state index contributed by atoms with van der Waals surface area (Å²) in [7, 11) is 0. The molecule has 0 fully saturated rings. The van der Waals surface area contributed by atoms with E-state index in [0.29, 0.717) is 11.4 Å². The van der Waals surface area contributed by atoms with Crippen molar-refractivity contribution in [1.82, 2.24) is 18.3 Å². The predicted molar refractivity (Wildman–Crippen MR) is 354 cm³/mol. The highest BCUT2D eigenvalue weighted by Crippen LogP contribution is 2.53. The van der Waals surface area contributed by atoms with Gasteiger partial charge in [-0.1, -0.05) is 218 Å². The minimum absolute atomic E-state index is 0.263. The van der Waals surface area contributed by atoms with E-state index in [4.69, 9.17) is 0 Å². The van der Waals surface area contributed by atoms with Crippen molar-refractivity contribution in [3.8, 4) is 57.1 Å². The zero-order valence-corrected chi connectivity index (χ0v) is 46.3. The summed E-state index contributed by atoms with van der Waals surface area (Å²) in [4.78, 5) is 0. The standard InChI is InChI=1S/C78H44N6S/c79-45-62-63(46-80)74(84-70-41-20-34-59(51-25-4-3-24-50(51)49-33-19-22-47-21-1-2-23-48(47)49)72(70)61-44-43-60-58-32-11-18-42-71(58)85-78(60)75(61)84)77(83-68-39-16-9-30-56(68)57-31-10-17-40-69(57)83)76(82-66-37-14-7-28-54(66)55-29-8-15-38-67(55)82)73(62)81-64-35-12-5-26-52(64)53-27-6-13-36-65(53)81/h1-44H. The van der Waals surface area contributed by atoms with Crippen LogP contribution in [0.4, 0.5) is 0 Å². The zero-order chi connectivity index (χ0) is 56.0. The van der Waals surface area contributed by atoms with E-state index in [0.717, 1.165) is 141 Å². The largest absolute Gasteiger partial charge is 0.306 e. The lowest BCUT2D eigenvalue weighted by Crippen LogP contribution is -2.17. The first-order valence-electron chi connectivity index (χ1n) is 28.6. The number of hydrogen-bond donors (Lipinski definition) is 0. The third-order valence-corrected chi connectivity index (χ3v) is 19.0. The summed E-state index contributed by atoms with van der Waals surface area (Å²) < 4.78 is 11.7. The van der Waals surface area contributed by atoms with Gasteiger partial charge in [-0.25, -0.2) is 0 Å². The van der Waals surface area contributed by atoms with Crippen LogP contribution in [0.2, 0.25) is 0 Å². The second-order valence-corrected chi connectivity index (χ2v) is 23.1. The Morgan fingerprint density at radius 2 is 0.612 bits per heavy atom. The molecule has 0 unspecified atom stereocenters.